The van der Waals surface area contributed by atoms with Gasteiger partial charge in [-0.1, -0.05) is 20.8 Å². The summed E-state index contributed by atoms with van der Waals surface area (Å²) < 4.78 is 0. The molecule has 0 saturated carbocycles. The molecule has 0 bridgehead atoms. The molecule has 1 rings (SSSR count). The quantitative estimate of drug-likeness (QED) is 0.716. The molecule has 0 aliphatic rings. The summed E-state index contributed by atoms with van der Waals surface area (Å²) in [5, 5.41) is 5.59. The van der Waals surface area contributed by atoms with Crippen molar-refractivity contribution in [2.45, 2.75) is 33.1 Å². The van der Waals surface area contributed by atoms with Crippen LogP contribution in [-0.4, -0.2) is 36.0 Å². The number of nitrogens with zero attached hydrogens (tertiary/aromatic N) is 1. The van der Waals surface area contributed by atoms with E-state index < -0.39 is 0 Å². The number of likely N-dealkylation sites (N-methyl/N-ethyl adjacent to an activating group) is 1. The first-order valence-electron chi connectivity index (χ1n) is 6.31. The number of hydrogen-bond donors (Lipinski definition) is 3. The van der Waals surface area contributed by atoms with E-state index in [1.54, 1.807) is 14.0 Å². The van der Waals surface area contributed by atoms with Gasteiger partial charge in [0.1, 0.15) is 11.4 Å². The van der Waals surface area contributed by atoms with E-state index in [1.807, 2.05) is 20.8 Å². The number of rotatable bonds is 4. The minimum absolute atomic E-state index is 0. The first kappa shape index (κ1) is 18.6. The summed E-state index contributed by atoms with van der Waals surface area (Å²) >= 11 is 0. The molecule has 0 aliphatic heterocycles. The fraction of sp³-hybridized carbons (Fsp3) is 0.615. The van der Waals surface area contributed by atoms with E-state index in [0.717, 1.165) is 0 Å². The summed E-state index contributed by atoms with van der Waals surface area (Å²) in [6, 6.07) is 0. The lowest BCUT2D eigenvalue weighted by molar-refractivity contribution is 0.0951. The standard InChI is InChI=1S/C13H22N4O2.ClH/c1-8-9(10(18)15-7-6-14-5)11(19)17-12(16-8)13(2,3)4;/h14H,6-7H2,1-5H3,(H,15,18)(H,16,17,19);1H. The van der Waals surface area contributed by atoms with Crippen molar-refractivity contribution < 1.29 is 4.79 Å². The van der Waals surface area contributed by atoms with Gasteiger partial charge < -0.3 is 15.6 Å². The molecule has 0 atom stereocenters. The molecule has 0 fully saturated rings. The molecular formula is C13H23ClN4O2. The molecule has 1 amide bonds. The van der Waals surface area contributed by atoms with Gasteiger partial charge in [0.2, 0.25) is 0 Å². The molecule has 0 spiro atoms. The lowest BCUT2D eigenvalue weighted by Crippen LogP contribution is -2.36. The summed E-state index contributed by atoms with van der Waals surface area (Å²) in [6.07, 6.45) is 0. The van der Waals surface area contributed by atoms with Crippen LogP contribution < -0.4 is 16.2 Å². The molecule has 3 N–H and O–H groups in total. The zero-order valence-electron chi connectivity index (χ0n) is 12.6. The number of carbonyl (C=O) groups excluding carboxylic acids is 1. The summed E-state index contributed by atoms with van der Waals surface area (Å²) in [6.45, 7) is 8.66. The molecule has 0 aromatic carbocycles. The molecule has 1 aromatic heterocycles. The van der Waals surface area contributed by atoms with Gasteiger partial charge in [-0.25, -0.2) is 4.98 Å². The van der Waals surface area contributed by atoms with Crippen LogP contribution in [-0.2, 0) is 5.41 Å². The van der Waals surface area contributed by atoms with Gasteiger partial charge in [-0.2, -0.15) is 0 Å². The van der Waals surface area contributed by atoms with E-state index in [9.17, 15) is 9.59 Å². The maximum absolute atomic E-state index is 12.0. The molecule has 0 radical (unpaired) electrons. The molecule has 6 nitrogen and oxygen atoms in total. The highest BCUT2D eigenvalue weighted by molar-refractivity contribution is 5.94. The summed E-state index contributed by atoms with van der Waals surface area (Å²) in [7, 11) is 1.80. The van der Waals surface area contributed by atoms with Crippen LogP contribution in [0.3, 0.4) is 0 Å². The van der Waals surface area contributed by atoms with Crippen molar-refractivity contribution in [1.82, 2.24) is 20.6 Å². The third-order valence-electron chi connectivity index (χ3n) is 2.70. The van der Waals surface area contributed by atoms with Gasteiger partial charge in [0.25, 0.3) is 11.5 Å². The molecule has 114 valence electrons. The zero-order valence-corrected chi connectivity index (χ0v) is 13.4. The number of aryl methyl sites for hydroxylation is 1. The second kappa shape index (κ2) is 7.40. The van der Waals surface area contributed by atoms with Crippen molar-refractivity contribution in [1.29, 1.82) is 0 Å². The third-order valence-corrected chi connectivity index (χ3v) is 2.70. The first-order valence-corrected chi connectivity index (χ1v) is 6.31. The Labute approximate surface area is 125 Å². The van der Waals surface area contributed by atoms with E-state index >= 15 is 0 Å². The smallest absolute Gasteiger partial charge is 0.264 e. The van der Waals surface area contributed by atoms with Crippen LogP contribution in [0.25, 0.3) is 0 Å². The van der Waals surface area contributed by atoms with Gasteiger partial charge in [0.05, 0.1) is 5.69 Å². The highest BCUT2D eigenvalue weighted by Gasteiger charge is 2.21. The number of aromatic nitrogens is 2. The van der Waals surface area contributed by atoms with Crippen molar-refractivity contribution >= 4 is 18.3 Å². The van der Waals surface area contributed by atoms with E-state index in [1.165, 1.54) is 0 Å². The Kier molecular flexibility index (Phi) is 6.88. The number of halogens is 1. The molecular weight excluding hydrogens is 280 g/mol. The number of nitrogens with one attached hydrogen (secondary N) is 3. The van der Waals surface area contributed by atoms with Crippen molar-refractivity contribution in [2.24, 2.45) is 0 Å². The Morgan fingerprint density at radius 2 is 1.90 bits per heavy atom. The van der Waals surface area contributed by atoms with Crippen molar-refractivity contribution in [3.8, 4) is 0 Å². The van der Waals surface area contributed by atoms with Crippen LogP contribution in [0.5, 0.6) is 0 Å². The topological polar surface area (TPSA) is 86.9 Å². The third kappa shape index (κ3) is 4.61. The molecule has 0 unspecified atom stereocenters. The summed E-state index contributed by atoms with van der Waals surface area (Å²) in [5.41, 5.74) is -0.107. The highest BCUT2D eigenvalue weighted by Crippen LogP contribution is 2.17. The molecule has 0 aliphatic carbocycles. The van der Waals surface area contributed by atoms with E-state index in [2.05, 4.69) is 20.6 Å². The molecule has 20 heavy (non-hydrogen) atoms. The number of H-pyrrole nitrogens is 1. The summed E-state index contributed by atoms with van der Waals surface area (Å²) in [4.78, 5) is 30.9. The number of amides is 1. The zero-order chi connectivity index (χ0) is 14.6. The molecule has 1 aromatic rings. The fourth-order valence-electron chi connectivity index (χ4n) is 1.60. The van der Waals surface area contributed by atoms with Gasteiger partial charge in [-0.05, 0) is 14.0 Å². The summed E-state index contributed by atoms with van der Waals surface area (Å²) in [5.74, 6) is 0.198. The van der Waals surface area contributed by atoms with Gasteiger partial charge in [0.15, 0.2) is 0 Å². The first-order chi connectivity index (χ1) is 8.77. The van der Waals surface area contributed by atoms with Crippen molar-refractivity contribution in [2.75, 3.05) is 20.1 Å². The van der Waals surface area contributed by atoms with Crippen LogP contribution in [0.15, 0.2) is 4.79 Å². The van der Waals surface area contributed by atoms with E-state index in [0.29, 0.717) is 24.6 Å². The van der Waals surface area contributed by atoms with Gasteiger partial charge in [-0.3, -0.25) is 9.59 Å². The van der Waals surface area contributed by atoms with Crippen LogP contribution in [0.2, 0.25) is 0 Å². The van der Waals surface area contributed by atoms with Crippen LogP contribution >= 0.6 is 12.4 Å². The SMILES string of the molecule is CNCCNC(=O)c1c(C)nc(C(C)(C)C)[nH]c1=O.Cl. The lowest BCUT2D eigenvalue weighted by Gasteiger charge is -2.18. The van der Waals surface area contributed by atoms with E-state index in [4.69, 9.17) is 0 Å². The molecule has 0 saturated heterocycles. The molecule has 1 heterocycles. The second-order valence-corrected chi connectivity index (χ2v) is 5.48. The predicted molar refractivity (Wildman–Crippen MR) is 81.8 cm³/mol. The monoisotopic (exact) mass is 302 g/mol. The van der Waals surface area contributed by atoms with E-state index in [-0.39, 0.29) is 34.9 Å². The fourth-order valence-corrected chi connectivity index (χ4v) is 1.60. The van der Waals surface area contributed by atoms with Gasteiger partial charge in [-0.15, -0.1) is 12.4 Å². The Balaban J connectivity index is 0.00000361. The lowest BCUT2D eigenvalue weighted by atomic mass is 9.95. The number of aromatic amines is 1. The maximum Gasteiger partial charge on any atom is 0.264 e. The Morgan fingerprint density at radius 3 is 2.35 bits per heavy atom. The predicted octanol–water partition coefficient (Wildman–Crippen LogP) is 0.747. The van der Waals surface area contributed by atoms with Crippen molar-refractivity contribution in [3.63, 3.8) is 0 Å². The number of carbonyl (C=O) groups is 1. The van der Waals surface area contributed by atoms with Crippen LogP contribution in [0, 0.1) is 6.92 Å². The average molecular weight is 303 g/mol. The highest BCUT2D eigenvalue weighted by atomic mass is 35.5. The Morgan fingerprint density at radius 1 is 1.30 bits per heavy atom. The van der Waals surface area contributed by atoms with Gasteiger partial charge in [0, 0.05) is 18.5 Å². The number of hydrogen-bond acceptors (Lipinski definition) is 4. The normalized spacial score (nSPS) is 10.8. The van der Waals surface area contributed by atoms with Crippen LogP contribution in [0.4, 0.5) is 0 Å². The maximum atomic E-state index is 12.0. The molecule has 7 heteroatoms. The largest absolute Gasteiger partial charge is 0.351 e. The Hall–Kier alpha value is -1.40. The average Bonchev–Trinajstić information content (AvgIpc) is 2.27. The minimum Gasteiger partial charge on any atom is -0.351 e. The Bertz CT molecular complexity index is 520. The van der Waals surface area contributed by atoms with Crippen molar-refractivity contribution in [3.05, 3.63) is 27.4 Å². The second-order valence-electron chi connectivity index (χ2n) is 5.48. The van der Waals surface area contributed by atoms with Gasteiger partial charge >= 0.3 is 0 Å². The minimum atomic E-state index is -0.389. The van der Waals surface area contributed by atoms with Crippen LogP contribution in [0.1, 0.15) is 42.6 Å².